The van der Waals surface area contributed by atoms with Crippen LogP contribution in [0.2, 0.25) is 0 Å². The van der Waals surface area contributed by atoms with Gasteiger partial charge in [-0.3, -0.25) is 0 Å². The molecular weight excluding hydrogens is 356 g/mol. The van der Waals surface area contributed by atoms with E-state index in [-0.39, 0.29) is 6.61 Å². The molecule has 136 valence electrons. The van der Waals surface area contributed by atoms with Crippen molar-refractivity contribution in [2.45, 2.75) is 37.4 Å². The summed E-state index contributed by atoms with van der Waals surface area (Å²) in [6, 6.07) is 0. The zero-order chi connectivity index (χ0) is 17.9. The van der Waals surface area contributed by atoms with E-state index in [1.165, 1.54) is 17.7 Å². The summed E-state index contributed by atoms with van der Waals surface area (Å²) in [5, 5.41) is 23.9. The average molecular weight is 374 g/mol. The summed E-state index contributed by atoms with van der Waals surface area (Å²) in [6.45, 7) is 2.22. The Morgan fingerprint density at radius 2 is 2.23 bits per heavy atom. The highest BCUT2D eigenvalue weighted by Gasteiger charge is 2.61. The normalized spacial score (nSPS) is 31.0. The molecule has 5 heterocycles. The maximum atomic E-state index is 10.6. The Labute approximate surface area is 153 Å². The SMILES string of the molecule is Cc1ncnc2c1c(-c1nccs1)cn2[C@@H]1O[C@H](CO)[C@@H](O)[C@]12CCO2. The molecule has 0 unspecified atom stereocenters. The number of hydrogen-bond acceptors (Lipinski definition) is 8. The van der Waals surface area contributed by atoms with Gasteiger partial charge in [-0.15, -0.1) is 11.3 Å². The minimum Gasteiger partial charge on any atom is -0.394 e. The van der Waals surface area contributed by atoms with Crippen LogP contribution in [0.1, 0.15) is 18.3 Å². The van der Waals surface area contributed by atoms with Crippen molar-refractivity contribution in [2.75, 3.05) is 13.2 Å². The third-order valence-electron chi connectivity index (χ3n) is 5.33. The van der Waals surface area contributed by atoms with Gasteiger partial charge >= 0.3 is 0 Å². The Kier molecular flexibility index (Phi) is 3.63. The molecular formula is C17H18N4O4S. The molecule has 2 aliphatic heterocycles. The number of ether oxygens (including phenoxy) is 2. The standard InChI is InChI=1S/C17H18N4O4S/c1-9-12-10(15-18-3-5-26-15)6-21(14(12)20-8-19-9)16-17(2-4-24-17)13(23)11(7-22)25-16/h3,5-6,8,11,13,16,22-23H,2,4,7H2,1H3/t11-,13-,16-,17-/m1/s1. The van der Waals surface area contributed by atoms with Crippen molar-refractivity contribution in [3.05, 3.63) is 29.8 Å². The second-order valence-corrected chi connectivity index (χ2v) is 7.55. The molecule has 8 nitrogen and oxygen atoms in total. The fourth-order valence-electron chi connectivity index (χ4n) is 3.96. The Hall–Kier alpha value is -1.91. The maximum Gasteiger partial charge on any atom is 0.167 e. The third-order valence-corrected chi connectivity index (χ3v) is 6.14. The van der Waals surface area contributed by atoms with Crippen molar-refractivity contribution in [1.29, 1.82) is 0 Å². The lowest BCUT2D eigenvalue weighted by atomic mass is 9.86. The molecule has 1 spiro atoms. The van der Waals surface area contributed by atoms with Crippen molar-refractivity contribution in [1.82, 2.24) is 19.5 Å². The van der Waals surface area contributed by atoms with Gasteiger partial charge in [0.25, 0.3) is 0 Å². The molecule has 9 heteroatoms. The van der Waals surface area contributed by atoms with Crippen LogP contribution in [0.3, 0.4) is 0 Å². The van der Waals surface area contributed by atoms with Crippen LogP contribution in [0.4, 0.5) is 0 Å². The predicted octanol–water partition coefficient (Wildman–Crippen LogP) is 1.27. The third kappa shape index (κ3) is 2.06. The summed E-state index contributed by atoms with van der Waals surface area (Å²) in [4.78, 5) is 13.2. The smallest absolute Gasteiger partial charge is 0.167 e. The van der Waals surface area contributed by atoms with E-state index in [9.17, 15) is 10.2 Å². The van der Waals surface area contributed by atoms with Gasteiger partial charge in [-0.1, -0.05) is 0 Å². The lowest BCUT2D eigenvalue weighted by Gasteiger charge is -2.44. The molecule has 2 saturated heterocycles. The van der Waals surface area contributed by atoms with E-state index in [0.29, 0.717) is 18.7 Å². The van der Waals surface area contributed by atoms with Gasteiger partial charge in [0.1, 0.15) is 34.8 Å². The highest BCUT2D eigenvalue weighted by Crippen LogP contribution is 2.50. The zero-order valence-electron chi connectivity index (χ0n) is 14.1. The first kappa shape index (κ1) is 16.3. The number of hydrogen-bond donors (Lipinski definition) is 2. The molecule has 3 aromatic heterocycles. The van der Waals surface area contributed by atoms with Gasteiger partial charge in [0.15, 0.2) is 6.23 Å². The van der Waals surface area contributed by atoms with Crippen LogP contribution in [0.15, 0.2) is 24.1 Å². The second kappa shape index (κ2) is 5.80. The Bertz CT molecular complexity index is 953. The first-order valence-corrected chi connectivity index (χ1v) is 9.34. The number of thiazole rings is 1. The average Bonchev–Trinajstić information content (AvgIpc) is 3.29. The molecule has 2 fully saturated rings. The van der Waals surface area contributed by atoms with E-state index < -0.39 is 24.0 Å². The van der Waals surface area contributed by atoms with E-state index in [2.05, 4.69) is 15.0 Å². The number of aryl methyl sites for hydroxylation is 1. The molecule has 0 aliphatic carbocycles. The topological polar surface area (TPSA) is 103 Å². The highest BCUT2D eigenvalue weighted by atomic mass is 32.1. The number of nitrogens with zero attached hydrogens (tertiary/aromatic N) is 4. The van der Waals surface area contributed by atoms with Gasteiger partial charge in [-0.2, -0.15) is 0 Å². The van der Waals surface area contributed by atoms with Crippen LogP contribution < -0.4 is 0 Å². The lowest BCUT2D eigenvalue weighted by molar-refractivity contribution is -0.225. The molecule has 26 heavy (non-hydrogen) atoms. The van der Waals surface area contributed by atoms with Gasteiger partial charge in [0.05, 0.1) is 24.3 Å². The van der Waals surface area contributed by atoms with Crippen molar-refractivity contribution in [3.8, 4) is 10.6 Å². The van der Waals surface area contributed by atoms with Gasteiger partial charge in [-0.05, 0) is 6.92 Å². The minimum absolute atomic E-state index is 0.269. The first-order chi connectivity index (χ1) is 12.7. The summed E-state index contributed by atoms with van der Waals surface area (Å²) >= 11 is 1.54. The lowest BCUT2D eigenvalue weighted by Crippen LogP contribution is -2.56. The van der Waals surface area contributed by atoms with Gasteiger partial charge in [-0.25, -0.2) is 15.0 Å². The summed E-state index contributed by atoms with van der Waals surface area (Å²) in [6.07, 6.45) is 3.71. The zero-order valence-corrected chi connectivity index (χ0v) is 14.9. The largest absolute Gasteiger partial charge is 0.394 e. The van der Waals surface area contributed by atoms with Gasteiger partial charge in [0.2, 0.25) is 0 Å². The van der Waals surface area contributed by atoms with Crippen LogP contribution in [0.25, 0.3) is 21.6 Å². The van der Waals surface area contributed by atoms with Crippen molar-refractivity contribution in [3.63, 3.8) is 0 Å². The first-order valence-electron chi connectivity index (χ1n) is 8.46. The number of aliphatic hydroxyl groups excluding tert-OH is 2. The fourth-order valence-corrected chi connectivity index (χ4v) is 4.61. The van der Waals surface area contributed by atoms with Crippen LogP contribution in [0.5, 0.6) is 0 Å². The molecule has 3 aromatic rings. The molecule has 0 aromatic carbocycles. The maximum absolute atomic E-state index is 10.6. The molecule has 0 amide bonds. The quantitative estimate of drug-likeness (QED) is 0.712. The van der Waals surface area contributed by atoms with E-state index in [1.54, 1.807) is 6.20 Å². The van der Waals surface area contributed by atoms with E-state index in [0.717, 1.165) is 21.7 Å². The van der Waals surface area contributed by atoms with Crippen molar-refractivity contribution in [2.24, 2.45) is 0 Å². The van der Waals surface area contributed by atoms with E-state index >= 15 is 0 Å². The van der Waals surface area contributed by atoms with Crippen LogP contribution in [0, 0.1) is 6.92 Å². The molecule has 4 atom stereocenters. The highest BCUT2D eigenvalue weighted by molar-refractivity contribution is 7.13. The summed E-state index contributed by atoms with van der Waals surface area (Å²) in [7, 11) is 0. The van der Waals surface area contributed by atoms with E-state index in [1.807, 2.05) is 23.1 Å². The second-order valence-electron chi connectivity index (χ2n) is 6.65. The van der Waals surface area contributed by atoms with Gasteiger partial charge < -0.3 is 24.3 Å². The molecule has 5 rings (SSSR count). The monoisotopic (exact) mass is 374 g/mol. The number of rotatable bonds is 3. The summed E-state index contributed by atoms with van der Waals surface area (Å²) < 4.78 is 13.7. The summed E-state index contributed by atoms with van der Waals surface area (Å²) in [5.41, 5.74) is 1.61. The molecule has 0 bridgehead atoms. The Morgan fingerprint density at radius 1 is 1.38 bits per heavy atom. The van der Waals surface area contributed by atoms with Crippen molar-refractivity contribution >= 4 is 22.4 Å². The minimum atomic E-state index is -0.894. The van der Waals surface area contributed by atoms with Crippen molar-refractivity contribution < 1.29 is 19.7 Å². The molecule has 2 N–H and O–H groups in total. The van der Waals surface area contributed by atoms with Crippen LogP contribution >= 0.6 is 11.3 Å². The van der Waals surface area contributed by atoms with E-state index in [4.69, 9.17) is 9.47 Å². The van der Waals surface area contributed by atoms with Gasteiger partial charge in [0, 0.05) is 29.8 Å². The summed E-state index contributed by atoms with van der Waals surface area (Å²) in [5.74, 6) is 0. The Balaban J connectivity index is 1.72. The fraction of sp³-hybridized carbons (Fsp3) is 0.471. The number of aromatic nitrogens is 4. The molecule has 0 saturated carbocycles. The number of fused-ring (bicyclic) bond motifs is 1. The molecule has 2 aliphatic rings. The number of aliphatic hydroxyl groups is 2. The molecule has 0 radical (unpaired) electrons. The predicted molar refractivity (Wildman–Crippen MR) is 93.7 cm³/mol. The Morgan fingerprint density at radius 3 is 2.88 bits per heavy atom. The van der Waals surface area contributed by atoms with Crippen LogP contribution in [-0.4, -0.2) is 60.8 Å². The van der Waals surface area contributed by atoms with Crippen LogP contribution in [-0.2, 0) is 9.47 Å².